The fraction of sp³-hybridized carbons (Fsp3) is 0.688. The summed E-state index contributed by atoms with van der Waals surface area (Å²) >= 11 is 0. The van der Waals surface area contributed by atoms with Crippen molar-refractivity contribution in [1.82, 2.24) is 29.7 Å². The lowest BCUT2D eigenvalue weighted by atomic mass is 9.88. The molecule has 2 aromatic heterocycles. The topological polar surface area (TPSA) is 94.1 Å². The molecule has 0 radical (unpaired) electrons. The van der Waals surface area contributed by atoms with Crippen LogP contribution in [0, 0.1) is 0 Å². The highest BCUT2D eigenvalue weighted by Gasteiger charge is 2.45. The quantitative estimate of drug-likeness (QED) is 0.848. The van der Waals surface area contributed by atoms with Gasteiger partial charge in [0.2, 0.25) is 0 Å². The maximum atomic E-state index is 6.27. The summed E-state index contributed by atoms with van der Waals surface area (Å²) in [6, 6.07) is 0. The second-order valence-electron chi connectivity index (χ2n) is 7.35. The van der Waals surface area contributed by atoms with Crippen LogP contribution in [0.4, 0.5) is 5.82 Å². The molecule has 128 valence electrons. The largest absolute Gasteiger partial charge is 0.382 e. The van der Waals surface area contributed by atoms with Crippen molar-refractivity contribution in [2.45, 2.75) is 43.6 Å². The number of nitrogens with zero attached hydrogens (tertiary/aromatic N) is 5. The normalized spacial score (nSPS) is 29.5. The Morgan fingerprint density at radius 2 is 2.21 bits per heavy atom. The number of fused-ring (bicyclic) bond motifs is 1. The van der Waals surface area contributed by atoms with Crippen molar-refractivity contribution >= 4 is 17.0 Å². The Kier molecular flexibility index (Phi) is 3.26. The summed E-state index contributed by atoms with van der Waals surface area (Å²) in [5, 5.41) is 3.66. The van der Waals surface area contributed by atoms with Crippen molar-refractivity contribution in [2.24, 2.45) is 0 Å². The van der Waals surface area contributed by atoms with E-state index in [2.05, 4.69) is 25.2 Å². The third kappa shape index (κ3) is 2.28. The van der Waals surface area contributed by atoms with Gasteiger partial charge in [-0.2, -0.15) is 0 Å². The molecular formula is C16H23N7O. The van der Waals surface area contributed by atoms with Gasteiger partial charge in [0, 0.05) is 25.2 Å². The summed E-state index contributed by atoms with van der Waals surface area (Å²) in [7, 11) is 0. The van der Waals surface area contributed by atoms with E-state index in [0.717, 1.165) is 38.1 Å². The molecule has 0 amide bonds. The van der Waals surface area contributed by atoms with Crippen molar-refractivity contribution < 1.29 is 4.74 Å². The average molecular weight is 329 g/mol. The molecule has 24 heavy (non-hydrogen) atoms. The number of hydrogen-bond donors (Lipinski definition) is 2. The van der Waals surface area contributed by atoms with E-state index in [1.807, 2.05) is 4.57 Å². The number of nitrogens with one attached hydrogen (secondary N) is 1. The first-order valence-corrected chi connectivity index (χ1v) is 8.78. The van der Waals surface area contributed by atoms with Crippen LogP contribution < -0.4 is 11.1 Å². The summed E-state index contributed by atoms with van der Waals surface area (Å²) in [5.74, 6) is 0.420. The standard InChI is InChI=1S/C16H23N7O/c17-14-13-15(19-9-18-14)23(10-20-13)12-3-2-11(24-12)6-22-7-16(8-22)4-1-5-21-16/h9-12,21H,1-8H2,(H2,17,18,19)/t11-,12+/m0/s1. The maximum Gasteiger partial charge on any atom is 0.167 e. The van der Waals surface area contributed by atoms with Crippen LogP contribution in [0.25, 0.3) is 11.2 Å². The van der Waals surface area contributed by atoms with E-state index in [9.17, 15) is 0 Å². The maximum absolute atomic E-state index is 6.27. The van der Waals surface area contributed by atoms with Crippen molar-refractivity contribution in [3.8, 4) is 0 Å². The van der Waals surface area contributed by atoms with Gasteiger partial charge in [0.15, 0.2) is 11.5 Å². The molecule has 2 aromatic rings. The van der Waals surface area contributed by atoms with E-state index >= 15 is 0 Å². The monoisotopic (exact) mass is 329 g/mol. The third-order valence-electron chi connectivity index (χ3n) is 5.63. The fourth-order valence-corrected chi connectivity index (χ4v) is 4.47. The van der Waals surface area contributed by atoms with Gasteiger partial charge in [0.05, 0.1) is 12.4 Å². The summed E-state index contributed by atoms with van der Waals surface area (Å²) in [4.78, 5) is 15.2. The molecule has 0 unspecified atom stereocenters. The van der Waals surface area contributed by atoms with E-state index in [1.54, 1.807) is 6.33 Å². The Morgan fingerprint density at radius 1 is 1.29 bits per heavy atom. The number of anilines is 1. The molecule has 3 aliphatic rings. The fourth-order valence-electron chi connectivity index (χ4n) is 4.47. The molecule has 3 saturated heterocycles. The van der Waals surface area contributed by atoms with E-state index < -0.39 is 0 Å². The van der Waals surface area contributed by atoms with E-state index in [-0.39, 0.29) is 12.3 Å². The molecular weight excluding hydrogens is 306 g/mol. The molecule has 3 aliphatic heterocycles. The molecule has 0 aliphatic carbocycles. The zero-order chi connectivity index (χ0) is 16.1. The summed E-state index contributed by atoms with van der Waals surface area (Å²) < 4.78 is 8.26. The van der Waals surface area contributed by atoms with Crippen LogP contribution in [0.1, 0.15) is 31.9 Å². The minimum atomic E-state index is -0.00542. The Labute approximate surface area is 140 Å². The van der Waals surface area contributed by atoms with Gasteiger partial charge < -0.3 is 15.8 Å². The number of ether oxygens (including phenoxy) is 1. The third-order valence-corrected chi connectivity index (χ3v) is 5.63. The molecule has 1 spiro atoms. The number of imidazole rings is 1. The van der Waals surface area contributed by atoms with Crippen LogP contribution in [0.2, 0.25) is 0 Å². The average Bonchev–Trinajstić information content (AvgIpc) is 3.25. The minimum Gasteiger partial charge on any atom is -0.382 e. The molecule has 0 saturated carbocycles. The lowest BCUT2D eigenvalue weighted by Gasteiger charge is -2.49. The molecule has 8 nitrogen and oxygen atoms in total. The highest BCUT2D eigenvalue weighted by molar-refractivity contribution is 5.81. The number of likely N-dealkylation sites (tertiary alicyclic amines) is 1. The lowest BCUT2D eigenvalue weighted by Crippen LogP contribution is -2.67. The van der Waals surface area contributed by atoms with Crippen LogP contribution >= 0.6 is 0 Å². The van der Waals surface area contributed by atoms with Gasteiger partial charge in [0.1, 0.15) is 18.1 Å². The zero-order valence-corrected chi connectivity index (χ0v) is 13.7. The van der Waals surface area contributed by atoms with Crippen molar-refractivity contribution in [3.05, 3.63) is 12.7 Å². The number of nitrogens with two attached hydrogens (primary N) is 1. The van der Waals surface area contributed by atoms with Crippen LogP contribution in [0.15, 0.2) is 12.7 Å². The first-order chi connectivity index (χ1) is 11.7. The summed E-state index contributed by atoms with van der Waals surface area (Å²) in [6.07, 6.45) is 8.22. The van der Waals surface area contributed by atoms with Crippen LogP contribution in [-0.2, 0) is 4.74 Å². The van der Waals surface area contributed by atoms with Crippen LogP contribution in [0.5, 0.6) is 0 Å². The first-order valence-electron chi connectivity index (χ1n) is 8.78. The molecule has 8 heteroatoms. The predicted octanol–water partition coefficient (Wildman–Crippen LogP) is 0.524. The highest BCUT2D eigenvalue weighted by Crippen LogP contribution is 2.34. The minimum absolute atomic E-state index is 0.00542. The van der Waals surface area contributed by atoms with Gasteiger partial charge in [-0.25, -0.2) is 15.0 Å². The Morgan fingerprint density at radius 3 is 3.04 bits per heavy atom. The Bertz CT molecular complexity index is 746. The summed E-state index contributed by atoms with van der Waals surface area (Å²) in [5.41, 5.74) is 7.68. The molecule has 0 aromatic carbocycles. The molecule has 3 fully saturated rings. The van der Waals surface area contributed by atoms with Gasteiger partial charge in [0.25, 0.3) is 0 Å². The number of nitrogen functional groups attached to an aromatic ring is 1. The van der Waals surface area contributed by atoms with Gasteiger partial charge in [-0.3, -0.25) is 9.47 Å². The van der Waals surface area contributed by atoms with Crippen molar-refractivity contribution in [3.63, 3.8) is 0 Å². The van der Waals surface area contributed by atoms with Crippen LogP contribution in [-0.4, -0.2) is 62.2 Å². The molecule has 5 rings (SSSR count). The van der Waals surface area contributed by atoms with E-state index in [4.69, 9.17) is 10.5 Å². The van der Waals surface area contributed by atoms with Gasteiger partial charge in [-0.1, -0.05) is 0 Å². The lowest BCUT2D eigenvalue weighted by molar-refractivity contribution is -0.0390. The smallest absolute Gasteiger partial charge is 0.167 e. The van der Waals surface area contributed by atoms with Crippen LogP contribution in [0.3, 0.4) is 0 Å². The van der Waals surface area contributed by atoms with Gasteiger partial charge in [-0.05, 0) is 32.2 Å². The Hall–Kier alpha value is -1.77. The van der Waals surface area contributed by atoms with Gasteiger partial charge >= 0.3 is 0 Å². The van der Waals surface area contributed by atoms with Crippen molar-refractivity contribution in [1.29, 1.82) is 0 Å². The first kappa shape index (κ1) is 14.6. The van der Waals surface area contributed by atoms with Crippen molar-refractivity contribution in [2.75, 3.05) is 31.9 Å². The molecule has 2 atom stereocenters. The highest BCUT2D eigenvalue weighted by atomic mass is 16.5. The summed E-state index contributed by atoms with van der Waals surface area (Å²) in [6.45, 7) is 4.52. The van der Waals surface area contributed by atoms with E-state index in [0.29, 0.717) is 16.9 Å². The van der Waals surface area contributed by atoms with E-state index in [1.165, 1.54) is 25.7 Å². The molecule has 5 heterocycles. The van der Waals surface area contributed by atoms with Gasteiger partial charge in [-0.15, -0.1) is 0 Å². The second-order valence-corrected chi connectivity index (χ2v) is 7.35. The number of aromatic nitrogens is 4. The predicted molar refractivity (Wildman–Crippen MR) is 89.3 cm³/mol. The molecule has 3 N–H and O–H groups in total. The number of rotatable bonds is 3. The SMILES string of the molecule is Nc1ncnc2c1ncn2[C@H]1CC[C@@H](CN2CC3(CCCN3)C2)O1. The Balaban J connectivity index is 1.23. The number of hydrogen-bond acceptors (Lipinski definition) is 7. The zero-order valence-electron chi connectivity index (χ0n) is 13.7. The molecule has 0 bridgehead atoms. The second kappa shape index (κ2) is 5.37.